The van der Waals surface area contributed by atoms with Crippen LogP contribution in [0.15, 0.2) is 23.0 Å². The number of aromatic nitrogens is 3. The molecule has 1 aromatic heterocycles. The van der Waals surface area contributed by atoms with Crippen LogP contribution < -0.4 is 5.56 Å². The molecule has 0 unspecified atom stereocenters. The third-order valence-corrected chi connectivity index (χ3v) is 2.22. The molecule has 0 amide bonds. The number of hydrogen-bond acceptors (Lipinski definition) is 4. The van der Waals surface area contributed by atoms with Gasteiger partial charge in [-0.2, -0.15) is 0 Å². The van der Waals surface area contributed by atoms with Crippen LogP contribution in [0.5, 0.6) is 0 Å². The van der Waals surface area contributed by atoms with Crippen LogP contribution in [0.2, 0.25) is 0 Å². The maximum absolute atomic E-state index is 11.6. The van der Waals surface area contributed by atoms with E-state index in [-0.39, 0.29) is 11.3 Å². The molecule has 0 aliphatic rings. The molecule has 76 valence electrons. The highest BCUT2D eigenvalue weighted by molar-refractivity contribution is 5.97. The number of aryl methyl sites for hydroxylation is 1. The van der Waals surface area contributed by atoms with E-state index in [1.807, 2.05) is 0 Å². The van der Waals surface area contributed by atoms with Gasteiger partial charge in [0, 0.05) is 12.6 Å². The average Bonchev–Trinajstić information content (AvgIpc) is 2.23. The second-order valence-corrected chi connectivity index (χ2v) is 3.31. The molecule has 0 bridgehead atoms. The van der Waals surface area contributed by atoms with Crippen LogP contribution in [0, 0.1) is 0 Å². The molecule has 0 fully saturated rings. The first-order valence-corrected chi connectivity index (χ1v) is 4.44. The van der Waals surface area contributed by atoms with E-state index in [9.17, 15) is 9.59 Å². The predicted octanol–water partition coefficient (Wildman–Crippen LogP) is 0.531. The lowest BCUT2D eigenvalue weighted by atomic mass is 10.1. The molecule has 1 aromatic carbocycles. The van der Waals surface area contributed by atoms with Crippen molar-refractivity contribution in [3.05, 3.63) is 34.1 Å². The molecule has 5 heteroatoms. The zero-order valence-electron chi connectivity index (χ0n) is 8.39. The van der Waals surface area contributed by atoms with Crippen LogP contribution in [-0.2, 0) is 7.05 Å². The lowest BCUT2D eigenvalue weighted by molar-refractivity contribution is 0.101. The number of nitrogens with zero attached hydrogens (tertiary/aromatic N) is 3. The third kappa shape index (κ3) is 1.52. The van der Waals surface area contributed by atoms with Gasteiger partial charge in [-0.1, -0.05) is 11.3 Å². The zero-order chi connectivity index (χ0) is 11.0. The maximum atomic E-state index is 11.6. The molecule has 0 radical (unpaired) electrons. The van der Waals surface area contributed by atoms with Crippen LogP contribution in [-0.4, -0.2) is 20.8 Å². The van der Waals surface area contributed by atoms with E-state index in [2.05, 4.69) is 10.3 Å². The van der Waals surface area contributed by atoms with Gasteiger partial charge in [0.15, 0.2) is 5.78 Å². The van der Waals surface area contributed by atoms with Gasteiger partial charge >= 0.3 is 0 Å². The fraction of sp³-hybridized carbons (Fsp3) is 0.200. The summed E-state index contributed by atoms with van der Waals surface area (Å²) in [6.07, 6.45) is 0. The Hall–Kier alpha value is -2.04. The molecule has 5 nitrogen and oxygen atoms in total. The minimum Gasteiger partial charge on any atom is -0.295 e. The van der Waals surface area contributed by atoms with E-state index in [0.717, 1.165) is 4.68 Å². The fourth-order valence-corrected chi connectivity index (χ4v) is 1.34. The molecule has 0 saturated heterocycles. The Bertz CT molecular complexity index is 601. The highest BCUT2D eigenvalue weighted by Crippen LogP contribution is 2.09. The minimum absolute atomic E-state index is 0.0561. The van der Waals surface area contributed by atoms with Crippen molar-refractivity contribution in [2.75, 3.05) is 0 Å². The molecule has 15 heavy (non-hydrogen) atoms. The molecule has 0 spiro atoms. The summed E-state index contributed by atoms with van der Waals surface area (Å²) in [5.74, 6) is -0.0561. The number of carbonyl (C=O) groups excluding carboxylic acids is 1. The second-order valence-electron chi connectivity index (χ2n) is 3.31. The molecule has 0 N–H and O–H groups in total. The van der Waals surface area contributed by atoms with Gasteiger partial charge in [0.25, 0.3) is 5.56 Å². The Morgan fingerprint density at radius 2 is 2.13 bits per heavy atom. The van der Waals surface area contributed by atoms with Crippen molar-refractivity contribution in [2.24, 2.45) is 7.05 Å². The van der Waals surface area contributed by atoms with Gasteiger partial charge in [0.1, 0.15) is 5.52 Å². The van der Waals surface area contributed by atoms with Crippen molar-refractivity contribution < 1.29 is 4.79 Å². The first kappa shape index (κ1) is 9.51. The normalized spacial score (nSPS) is 10.5. The molecular formula is C10H9N3O2. The fourth-order valence-electron chi connectivity index (χ4n) is 1.34. The highest BCUT2D eigenvalue weighted by Gasteiger charge is 2.05. The molecular weight excluding hydrogens is 194 g/mol. The number of fused-ring (bicyclic) bond motifs is 1. The Labute approximate surface area is 85.3 Å². The summed E-state index contributed by atoms with van der Waals surface area (Å²) >= 11 is 0. The van der Waals surface area contributed by atoms with Crippen LogP contribution in [0.1, 0.15) is 17.3 Å². The van der Waals surface area contributed by atoms with Gasteiger partial charge in [-0.3, -0.25) is 9.59 Å². The van der Waals surface area contributed by atoms with Crippen molar-refractivity contribution >= 4 is 16.7 Å². The van der Waals surface area contributed by atoms with Crippen molar-refractivity contribution in [1.29, 1.82) is 0 Å². The van der Waals surface area contributed by atoms with E-state index in [4.69, 9.17) is 0 Å². The SMILES string of the molecule is CC(=O)c1ccc2c(=O)n(C)nnc2c1. The molecule has 0 saturated carbocycles. The van der Waals surface area contributed by atoms with Crippen LogP contribution in [0.3, 0.4) is 0 Å². The first-order chi connectivity index (χ1) is 7.09. The molecule has 0 aliphatic heterocycles. The van der Waals surface area contributed by atoms with E-state index in [1.54, 1.807) is 18.2 Å². The van der Waals surface area contributed by atoms with Gasteiger partial charge in [0.05, 0.1) is 5.39 Å². The van der Waals surface area contributed by atoms with Gasteiger partial charge in [-0.05, 0) is 19.1 Å². The summed E-state index contributed by atoms with van der Waals surface area (Å²) in [6.45, 7) is 1.47. The van der Waals surface area contributed by atoms with Gasteiger partial charge < -0.3 is 0 Å². The molecule has 0 atom stereocenters. The quantitative estimate of drug-likeness (QED) is 0.634. The molecule has 2 aromatic rings. The molecule has 2 rings (SSSR count). The lowest BCUT2D eigenvalue weighted by Gasteiger charge is -2.00. The topological polar surface area (TPSA) is 64.8 Å². The summed E-state index contributed by atoms with van der Waals surface area (Å²) in [5, 5.41) is 7.97. The number of Topliss-reactive ketones (excluding diaryl/α,β-unsaturated/α-hetero) is 1. The smallest absolute Gasteiger partial charge is 0.277 e. The third-order valence-electron chi connectivity index (χ3n) is 2.22. The van der Waals surface area contributed by atoms with Crippen LogP contribution in [0.25, 0.3) is 10.9 Å². The van der Waals surface area contributed by atoms with Gasteiger partial charge in [-0.25, -0.2) is 4.68 Å². The summed E-state index contributed by atoms with van der Waals surface area (Å²) in [4.78, 5) is 22.7. The van der Waals surface area contributed by atoms with Crippen LogP contribution in [0.4, 0.5) is 0 Å². The second kappa shape index (κ2) is 3.27. The summed E-state index contributed by atoms with van der Waals surface area (Å²) in [7, 11) is 1.54. The monoisotopic (exact) mass is 203 g/mol. The number of rotatable bonds is 1. The van der Waals surface area contributed by atoms with Gasteiger partial charge in [-0.15, -0.1) is 5.10 Å². The minimum atomic E-state index is -0.213. The zero-order valence-corrected chi connectivity index (χ0v) is 8.39. The summed E-state index contributed by atoms with van der Waals surface area (Å²) in [6, 6.07) is 4.79. The Morgan fingerprint density at radius 3 is 2.80 bits per heavy atom. The standard InChI is InChI=1S/C10H9N3O2/c1-6(14)7-3-4-8-9(5-7)11-12-13(2)10(8)15/h3-5H,1-2H3. The van der Waals surface area contributed by atoms with Gasteiger partial charge in [0.2, 0.25) is 0 Å². The van der Waals surface area contributed by atoms with E-state index >= 15 is 0 Å². The first-order valence-electron chi connectivity index (χ1n) is 4.44. The largest absolute Gasteiger partial charge is 0.295 e. The Kier molecular flexibility index (Phi) is 2.07. The Morgan fingerprint density at radius 1 is 1.40 bits per heavy atom. The average molecular weight is 203 g/mol. The van der Waals surface area contributed by atoms with Crippen LogP contribution >= 0.6 is 0 Å². The maximum Gasteiger partial charge on any atom is 0.277 e. The number of hydrogen-bond donors (Lipinski definition) is 0. The predicted molar refractivity (Wildman–Crippen MR) is 54.8 cm³/mol. The number of benzene rings is 1. The van der Waals surface area contributed by atoms with Crippen molar-refractivity contribution in [3.8, 4) is 0 Å². The molecule has 0 aliphatic carbocycles. The molecule has 1 heterocycles. The lowest BCUT2D eigenvalue weighted by Crippen LogP contribution is -2.20. The number of ketones is 1. The van der Waals surface area contributed by atoms with Crippen molar-refractivity contribution in [1.82, 2.24) is 15.0 Å². The van der Waals surface area contributed by atoms with Crippen molar-refractivity contribution in [2.45, 2.75) is 6.92 Å². The van der Waals surface area contributed by atoms with Crippen molar-refractivity contribution in [3.63, 3.8) is 0 Å². The van der Waals surface area contributed by atoms with E-state index in [0.29, 0.717) is 16.5 Å². The summed E-state index contributed by atoms with van der Waals surface area (Å²) in [5.41, 5.74) is 0.769. The number of carbonyl (C=O) groups is 1. The highest BCUT2D eigenvalue weighted by atomic mass is 16.1. The Balaban J connectivity index is 2.81. The van der Waals surface area contributed by atoms with E-state index < -0.39 is 0 Å². The van der Waals surface area contributed by atoms with E-state index in [1.165, 1.54) is 14.0 Å². The summed E-state index contributed by atoms with van der Waals surface area (Å²) < 4.78 is 1.16.